The van der Waals surface area contributed by atoms with Crippen molar-refractivity contribution in [3.8, 4) is 45.8 Å². The molecule has 37 heavy (non-hydrogen) atoms. The number of pyridine rings is 2. The number of aromatic nitrogens is 8. The summed E-state index contributed by atoms with van der Waals surface area (Å²) in [6, 6.07) is 26.0. The van der Waals surface area contributed by atoms with Crippen molar-refractivity contribution < 1.29 is 0 Å². The molecular weight excluding hydrogens is 460 g/mol. The molecule has 0 unspecified atom stereocenters. The van der Waals surface area contributed by atoms with Crippen LogP contribution in [0.2, 0.25) is 0 Å². The van der Waals surface area contributed by atoms with Crippen LogP contribution in [0.5, 0.6) is 0 Å². The highest BCUT2D eigenvalue weighted by Gasteiger charge is 2.19. The molecular formula is C29H26N8. The lowest BCUT2D eigenvalue weighted by atomic mass is 10.1. The van der Waals surface area contributed by atoms with Gasteiger partial charge in [0.25, 0.3) is 0 Å². The molecule has 0 saturated carbocycles. The first-order chi connectivity index (χ1) is 18.0. The molecule has 0 atom stereocenters. The third kappa shape index (κ3) is 4.23. The van der Waals surface area contributed by atoms with Crippen LogP contribution in [0.3, 0.4) is 0 Å². The number of H-pyrrole nitrogens is 1. The lowest BCUT2D eigenvalue weighted by Crippen LogP contribution is -2.04. The second kappa shape index (κ2) is 8.98. The lowest BCUT2D eigenvalue weighted by Gasteiger charge is -2.08. The molecule has 1 N–H and O–H groups in total. The van der Waals surface area contributed by atoms with E-state index in [1.54, 1.807) is 0 Å². The molecule has 0 aliphatic carbocycles. The number of imidazole rings is 1. The first-order valence-electron chi connectivity index (χ1n) is 12.1. The minimum Gasteiger partial charge on any atom is -0.336 e. The molecule has 0 aliphatic rings. The van der Waals surface area contributed by atoms with E-state index in [2.05, 4.69) is 15.2 Å². The quantitative estimate of drug-likeness (QED) is 0.332. The molecule has 0 amide bonds. The maximum absolute atomic E-state index is 5.00. The van der Waals surface area contributed by atoms with Gasteiger partial charge in [-0.25, -0.2) is 24.3 Å². The van der Waals surface area contributed by atoms with Crippen LogP contribution in [0.4, 0.5) is 0 Å². The molecule has 8 nitrogen and oxygen atoms in total. The SMILES string of the molecule is Cc1cc(C)n(-c2cccc(-c3nc(-c4ccccc4)[nH]c3-c3cccc(-n4nc(C)cc4C)n3)n2)n1. The third-order valence-corrected chi connectivity index (χ3v) is 6.17. The Morgan fingerprint density at radius 3 is 1.73 bits per heavy atom. The molecule has 6 aromatic rings. The molecule has 0 aliphatic heterocycles. The Balaban J connectivity index is 1.52. The maximum atomic E-state index is 5.00. The Hall–Kier alpha value is -4.85. The van der Waals surface area contributed by atoms with Gasteiger partial charge in [-0.2, -0.15) is 10.2 Å². The highest BCUT2D eigenvalue weighted by Crippen LogP contribution is 2.32. The van der Waals surface area contributed by atoms with E-state index in [9.17, 15) is 0 Å². The third-order valence-electron chi connectivity index (χ3n) is 6.17. The topological polar surface area (TPSA) is 90.1 Å². The average Bonchev–Trinajstić information content (AvgIpc) is 3.60. The number of nitrogens with zero attached hydrogens (tertiary/aromatic N) is 7. The van der Waals surface area contributed by atoms with Gasteiger partial charge in [0.1, 0.15) is 11.5 Å². The summed E-state index contributed by atoms with van der Waals surface area (Å²) in [7, 11) is 0. The standard InChI is InChI=1S/C29H26N8/c1-18-16-20(3)36(34-18)25-14-8-12-23(30-25)27-28(33-29(32-27)22-10-6-5-7-11-22)24-13-9-15-26(31-24)37-21(4)17-19(2)35-37/h5-17H,1-4H3,(H,32,33). The van der Waals surface area contributed by atoms with Gasteiger partial charge < -0.3 is 4.98 Å². The smallest absolute Gasteiger partial charge is 0.154 e. The molecule has 0 bridgehead atoms. The summed E-state index contributed by atoms with van der Waals surface area (Å²) >= 11 is 0. The molecule has 0 spiro atoms. The van der Waals surface area contributed by atoms with Crippen LogP contribution in [0.1, 0.15) is 22.8 Å². The van der Waals surface area contributed by atoms with Crippen LogP contribution in [0, 0.1) is 27.7 Å². The Kier molecular flexibility index (Phi) is 5.49. The zero-order valence-electron chi connectivity index (χ0n) is 21.1. The minimum absolute atomic E-state index is 0.722. The van der Waals surface area contributed by atoms with Gasteiger partial charge in [0.15, 0.2) is 11.6 Å². The van der Waals surface area contributed by atoms with Gasteiger partial charge in [0, 0.05) is 17.0 Å². The van der Waals surface area contributed by atoms with Gasteiger partial charge in [-0.1, -0.05) is 42.5 Å². The van der Waals surface area contributed by atoms with Gasteiger partial charge in [-0.15, -0.1) is 0 Å². The van der Waals surface area contributed by atoms with Crippen molar-refractivity contribution >= 4 is 0 Å². The summed E-state index contributed by atoms with van der Waals surface area (Å²) in [5.74, 6) is 2.24. The summed E-state index contributed by atoms with van der Waals surface area (Å²) in [6.45, 7) is 8.01. The van der Waals surface area contributed by atoms with Crippen molar-refractivity contribution in [2.45, 2.75) is 27.7 Å². The Bertz CT molecular complexity index is 1620. The summed E-state index contributed by atoms with van der Waals surface area (Å²) in [4.78, 5) is 18.4. The fourth-order valence-electron chi connectivity index (χ4n) is 4.55. The van der Waals surface area contributed by atoms with Crippen molar-refractivity contribution in [2.24, 2.45) is 0 Å². The maximum Gasteiger partial charge on any atom is 0.154 e. The van der Waals surface area contributed by atoms with E-state index in [1.807, 2.05) is 116 Å². The van der Waals surface area contributed by atoms with Gasteiger partial charge in [0.05, 0.1) is 28.5 Å². The fourth-order valence-corrected chi connectivity index (χ4v) is 4.55. The number of rotatable bonds is 5. The monoisotopic (exact) mass is 486 g/mol. The zero-order chi connectivity index (χ0) is 25.5. The number of hydrogen-bond acceptors (Lipinski definition) is 5. The Morgan fingerprint density at radius 1 is 0.595 bits per heavy atom. The molecule has 0 saturated heterocycles. The molecule has 182 valence electrons. The first kappa shape index (κ1) is 22.6. The van der Waals surface area contributed by atoms with E-state index >= 15 is 0 Å². The first-order valence-corrected chi connectivity index (χ1v) is 12.1. The van der Waals surface area contributed by atoms with Crippen molar-refractivity contribution in [3.63, 3.8) is 0 Å². The van der Waals surface area contributed by atoms with Gasteiger partial charge in [-0.3, -0.25) is 0 Å². The minimum atomic E-state index is 0.722. The summed E-state index contributed by atoms with van der Waals surface area (Å²) in [5, 5.41) is 9.22. The molecule has 8 heteroatoms. The van der Waals surface area contributed by atoms with Crippen LogP contribution in [0.15, 0.2) is 78.9 Å². The average molecular weight is 487 g/mol. The molecule has 5 aromatic heterocycles. The molecule has 1 aromatic carbocycles. The largest absolute Gasteiger partial charge is 0.336 e. The highest BCUT2D eigenvalue weighted by molar-refractivity contribution is 5.78. The summed E-state index contributed by atoms with van der Waals surface area (Å²) in [5.41, 5.74) is 7.93. The van der Waals surface area contributed by atoms with Gasteiger partial charge in [-0.05, 0) is 64.1 Å². The van der Waals surface area contributed by atoms with Gasteiger partial charge >= 0.3 is 0 Å². The molecule has 0 radical (unpaired) electrons. The number of hydrogen-bond donors (Lipinski definition) is 1. The van der Waals surface area contributed by atoms with Crippen LogP contribution >= 0.6 is 0 Å². The Morgan fingerprint density at radius 2 is 1.16 bits per heavy atom. The highest BCUT2D eigenvalue weighted by atomic mass is 15.3. The molecule has 5 heterocycles. The van der Waals surface area contributed by atoms with Crippen molar-refractivity contribution in [1.29, 1.82) is 0 Å². The van der Waals surface area contributed by atoms with Crippen LogP contribution < -0.4 is 0 Å². The normalized spacial score (nSPS) is 11.2. The number of aromatic amines is 1. The second-order valence-corrected chi connectivity index (χ2v) is 9.11. The molecule has 6 rings (SSSR count). The fraction of sp³-hybridized carbons (Fsp3) is 0.138. The predicted octanol–water partition coefficient (Wildman–Crippen LogP) is 5.81. The van der Waals surface area contributed by atoms with E-state index in [-0.39, 0.29) is 0 Å². The van der Waals surface area contributed by atoms with E-state index < -0.39 is 0 Å². The van der Waals surface area contributed by atoms with Crippen molar-refractivity contribution in [2.75, 3.05) is 0 Å². The van der Waals surface area contributed by atoms with Crippen molar-refractivity contribution in [3.05, 3.63) is 102 Å². The summed E-state index contributed by atoms with van der Waals surface area (Å²) < 4.78 is 3.71. The number of benzene rings is 1. The lowest BCUT2D eigenvalue weighted by molar-refractivity contribution is 0.806. The van der Waals surface area contributed by atoms with Crippen LogP contribution in [0.25, 0.3) is 45.8 Å². The van der Waals surface area contributed by atoms with Gasteiger partial charge in [0.2, 0.25) is 0 Å². The van der Waals surface area contributed by atoms with Crippen LogP contribution in [-0.4, -0.2) is 39.5 Å². The van der Waals surface area contributed by atoms with E-state index in [1.165, 1.54) is 0 Å². The van der Waals surface area contributed by atoms with E-state index in [4.69, 9.17) is 15.0 Å². The number of nitrogens with one attached hydrogen (secondary N) is 1. The number of aryl methyl sites for hydroxylation is 4. The summed E-state index contributed by atoms with van der Waals surface area (Å²) in [6.07, 6.45) is 0. The zero-order valence-corrected chi connectivity index (χ0v) is 21.1. The second-order valence-electron chi connectivity index (χ2n) is 9.11. The predicted molar refractivity (Wildman–Crippen MR) is 144 cm³/mol. The van der Waals surface area contributed by atoms with Crippen LogP contribution in [-0.2, 0) is 0 Å². The van der Waals surface area contributed by atoms with Crippen molar-refractivity contribution in [1.82, 2.24) is 39.5 Å². The van der Waals surface area contributed by atoms with E-state index in [0.29, 0.717) is 0 Å². The van der Waals surface area contributed by atoms with E-state index in [0.717, 1.165) is 68.6 Å². The molecule has 0 fully saturated rings. The Labute approximate surface area is 214 Å².